The van der Waals surface area contributed by atoms with Crippen LogP contribution in [0, 0.1) is 0 Å². The number of allylic oxidation sites excluding steroid dienone is 2. The molecule has 4 rings (SSSR count). The fraction of sp³-hybridized carbons (Fsp3) is 0.150. The predicted octanol–water partition coefficient (Wildman–Crippen LogP) is 4.08. The lowest BCUT2D eigenvalue weighted by atomic mass is 9.79. The molecule has 0 radical (unpaired) electrons. The van der Waals surface area contributed by atoms with Gasteiger partial charge in [-0.3, -0.25) is 9.20 Å². The Morgan fingerprint density at radius 1 is 1.09 bits per heavy atom. The summed E-state index contributed by atoms with van der Waals surface area (Å²) in [6.45, 7) is 4.39. The average Bonchev–Trinajstić information content (AvgIpc) is 2.83. The third-order valence-electron chi connectivity index (χ3n) is 4.47. The van der Waals surface area contributed by atoms with Crippen molar-refractivity contribution in [3.8, 4) is 11.1 Å². The van der Waals surface area contributed by atoms with E-state index in [9.17, 15) is 4.79 Å². The van der Waals surface area contributed by atoms with Crippen molar-refractivity contribution in [2.45, 2.75) is 19.3 Å². The molecule has 2 aromatic heterocycles. The lowest BCUT2D eigenvalue weighted by Crippen LogP contribution is -2.31. The molecule has 1 aromatic carbocycles. The summed E-state index contributed by atoms with van der Waals surface area (Å²) in [5.74, 6) is 0. The van der Waals surface area contributed by atoms with Crippen molar-refractivity contribution in [2.24, 2.45) is 0 Å². The molecule has 2 heterocycles. The van der Waals surface area contributed by atoms with E-state index in [0.717, 1.165) is 26.5 Å². The first kappa shape index (κ1) is 14.5. The lowest BCUT2D eigenvalue weighted by Gasteiger charge is -2.24. The van der Waals surface area contributed by atoms with Gasteiger partial charge in [0, 0.05) is 21.5 Å². The first-order valence-electron chi connectivity index (χ1n) is 7.62. The Kier molecular flexibility index (Phi) is 3.10. The molecule has 23 heavy (non-hydrogen) atoms. The van der Waals surface area contributed by atoms with E-state index in [4.69, 9.17) is 0 Å². The third kappa shape index (κ3) is 2.11. The van der Waals surface area contributed by atoms with Gasteiger partial charge in [-0.25, -0.2) is 0 Å². The van der Waals surface area contributed by atoms with Crippen LogP contribution in [0.25, 0.3) is 22.7 Å². The second kappa shape index (κ2) is 4.93. The molecular formula is C20H16BrNO. The second-order valence-electron chi connectivity index (χ2n) is 6.48. The molecule has 0 amide bonds. The van der Waals surface area contributed by atoms with Crippen molar-refractivity contribution in [3.63, 3.8) is 0 Å². The fourth-order valence-corrected chi connectivity index (χ4v) is 3.92. The van der Waals surface area contributed by atoms with Crippen LogP contribution in [0.5, 0.6) is 0 Å². The van der Waals surface area contributed by atoms with Crippen LogP contribution < -0.4 is 10.9 Å². The molecule has 2 nitrogen and oxygen atoms in total. The molecule has 1 aliphatic rings. The summed E-state index contributed by atoms with van der Waals surface area (Å²) in [5, 5.41) is 0.990. The number of nitrogens with zero attached hydrogens (tertiary/aromatic N) is 1. The van der Waals surface area contributed by atoms with E-state index in [2.05, 4.69) is 48.0 Å². The van der Waals surface area contributed by atoms with Gasteiger partial charge in [-0.05, 0) is 23.3 Å². The van der Waals surface area contributed by atoms with Crippen LogP contribution >= 0.6 is 15.9 Å². The van der Waals surface area contributed by atoms with Crippen molar-refractivity contribution in [1.82, 2.24) is 4.40 Å². The third-order valence-corrected chi connectivity index (χ3v) is 4.93. The topological polar surface area (TPSA) is 21.5 Å². The van der Waals surface area contributed by atoms with Gasteiger partial charge in [0.1, 0.15) is 0 Å². The summed E-state index contributed by atoms with van der Waals surface area (Å²) in [4.78, 5) is 12.6. The highest BCUT2D eigenvalue weighted by Crippen LogP contribution is 2.37. The van der Waals surface area contributed by atoms with Gasteiger partial charge in [0.05, 0.1) is 10.9 Å². The monoisotopic (exact) mass is 365 g/mol. The van der Waals surface area contributed by atoms with Crippen LogP contribution in [-0.4, -0.2) is 4.40 Å². The number of rotatable bonds is 1. The smallest absolute Gasteiger partial charge is 0.256 e. The van der Waals surface area contributed by atoms with Crippen LogP contribution in [0.15, 0.2) is 63.9 Å². The van der Waals surface area contributed by atoms with E-state index >= 15 is 0 Å². The van der Waals surface area contributed by atoms with Gasteiger partial charge < -0.3 is 0 Å². The van der Waals surface area contributed by atoms with Gasteiger partial charge in [-0.15, -0.1) is 0 Å². The molecule has 0 saturated carbocycles. The van der Waals surface area contributed by atoms with Gasteiger partial charge in [0.2, 0.25) is 0 Å². The van der Waals surface area contributed by atoms with E-state index in [1.165, 1.54) is 5.56 Å². The summed E-state index contributed by atoms with van der Waals surface area (Å²) >= 11 is 3.47. The molecule has 3 heteroatoms. The fourth-order valence-electron chi connectivity index (χ4n) is 3.51. The number of pyridine rings is 1. The van der Waals surface area contributed by atoms with Gasteiger partial charge in [-0.2, -0.15) is 0 Å². The SMILES string of the molecule is CC1(C)C=CC=c2c1c(-c1ccccc1)c1cc(Br)cc(=O)n21. The Morgan fingerprint density at radius 2 is 1.83 bits per heavy atom. The second-order valence-corrected chi connectivity index (χ2v) is 7.40. The van der Waals surface area contributed by atoms with E-state index < -0.39 is 0 Å². The molecule has 1 aliphatic carbocycles. The first-order chi connectivity index (χ1) is 11.0. The van der Waals surface area contributed by atoms with Crippen LogP contribution in [-0.2, 0) is 5.41 Å². The summed E-state index contributed by atoms with van der Waals surface area (Å²) in [5.41, 5.74) is 4.32. The summed E-state index contributed by atoms with van der Waals surface area (Å²) in [6.07, 6.45) is 6.28. The molecule has 114 valence electrons. The zero-order valence-electron chi connectivity index (χ0n) is 13.0. The van der Waals surface area contributed by atoms with Crippen molar-refractivity contribution >= 4 is 27.5 Å². The number of benzene rings is 1. The largest absolute Gasteiger partial charge is 0.276 e. The van der Waals surface area contributed by atoms with Gasteiger partial charge in [-0.1, -0.05) is 72.3 Å². The van der Waals surface area contributed by atoms with Crippen LogP contribution in [0.2, 0.25) is 0 Å². The Balaban J connectivity index is 2.29. The standard InChI is InChI=1S/C20H16BrNO/c1-20(2)10-6-9-15-19(20)18(13-7-4-3-5-8-13)16-11-14(21)12-17(23)22(15)16/h3-12H,1-2H3. The molecular weight excluding hydrogens is 350 g/mol. The quantitative estimate of drug-likeness (QED) is 0.636. The Hall–Kier alpha value is -2.13. The van der Waals surface area contributed by atoms with Crippen LogP contribution in [0.4, 0.5) is 0 Å². The maximum Gasteiger partial charge on any atom is 0.256 e. The number of hydrogen-bond donors (Lipinski definition) is 0. The minimum absolute atomic E-state index is 0.00449. The summed E-state index contributed by atoms with van der Waals surface area (Å²) < 4.78 is 2.64. The highest BCUT2D eigenvalue weighted by atomic mass is 79.9. The maximum absolute atomic E-state index is 12.6. The van der Waals surface area contributed by atoms with Crippen molar-refractivity contribution in [3.05, 3.63) is 80.4 Å². The van der Waals surface area contributed by atoms with Crippen LogP contribution in [0.3, 0.4) is 0 Å². The normalized spacial score (nSPS) is 15.4. The number of aromatic nitrogens is 1. The molecule has 0 atom stereocenters. The highest BCUT2D eigenvalue weighted by Gasteiger charge is 2.29. The molecule has 0 spiro atoms. The minimum Gasteiger partial charge on any atom is -0.276 e. The molecule has 0 fully saturated rings. The van der Waals surface area contributed by atoms with Crippen molar-refractivity contribution < 1.29 is 0 Å². The molecule has 0 saturated heterocycles. The molecule has 0 unspecified atom stereocenters. The average molecular weight is 366 g/mol. The molecule has 3 aromatic rings. The molecule has 0 aliphatic heterocycles. The summed E-state index contributed by atoms with van der Waals surface area (Å²) in [7, 11) is 0. The van der Waals surface area contributed by atoms with Crippen molar-refractivity contribution in [2.75, 3.05) is 0 Å². The van der Waals surface area contributed by atoms with E-state index in [1.807, 2.05) is 40.8 Å². The Labute approximate surface area is 142 Å². The zero-order chi connectivity index (χ0) is 16.2. The Morgan fingerprint density at radius 3 is 2.57 bits per heavy atom. The highest BCUT2D eigenvalue weighted by molar-refractivity contribution is 9.10. The molecule has 0 bridgehead atoms. The van der Waals surface area contributed by atoms with Gasteiger partial charge in [0.15, 0.2) is 0 Å². The molecule has 0 N–H and O–H groups in total. The lowest BCUT2D eigenvalue weighted by molar-refractivity contribution is 0.661. The number of fused-ring (bicyclic) bond motifs is 3. The van der Waals surface area contributed by atoms with E-state index in [1.54, 1.807) is 6.07 Å². The van der Waals surface area contributed by atoms with Crippen molar-refractivity contribution in [1.29, 1.82) is 0 Å². The zero-order valence-corrected chi connectivity index (χ0v) is 14.6. The minimum atomic E-state index is -0.125. The van der Waals surface area contributed by atoms with E-state index in [0.29, 0.717) is 0 Å². The Bertz CT molecular complexity index is 1060. The van der Waals surface area contributed by atoms with Gasteiger partial charge in [0.25, 0.3) is 5.56 Å². The summed E-state index contributed by atoms with van der Waals surface area (Å²) in [6, 6.07) is 14.0. The van der Waals surface area contributed by atoms with Crippen LogP contribution in [0.1, 0.15) is 19.4 Å². The predicted molar refractivity (Wildman–Crippen MR) is 98.7 cm³/mol. The first-order valence-corrected chi connectivity index (χ1v) is 8.42. The van der Waals surface area contributed by atoms with Gasteiger partial charge >= 0.3 is 0 Å². The number of hydrogen-bond acceptors (Lipinski definition) is 1. The maximum atomic E-state index is 12.6. The van der Waals surface area contributed by atoms with E-state index in [-0.39, 0.29) is 11.0 Å². The number of halogens is 1.